The van der Waals surface area contributed by atoms with E-state index < -0.39 is 0 Å². The van der Waals surface area contributed by atoms with Crippen molar-refractivity contribution in [1.29, 1.82) is 0 Å². The molecule has 2 amide bonds. The minimum absolute atomic E-state index is 0.165. The third kappa shape index (κ3) is 3.75. The highest BCUT2D eigenvalue weighted by molar-refractivity contribution is 6.30. The molecule has 138 valence electrons. The van der Waals surface area contributed by atoms with E-state index in [4.69, 9.17) is 11.6 Å². The Bertz CT molecular complexity index is 878. The zero-order valence-electron chi connectivity index (χ0n) is 15.1. The largest absolute Gasteiger partial charge is 0.334 e. The molecule has 0 saturated carbocycles. The van der Waals surface area contributed by atoms with Crippen LogP contribution in [0.4, 0.5) is 4.79 Å². The fourth-order valence-electron chi connectivity index (χ4n) is 3.43. The van der Waals surface area contributed by atoms with E-state index in [2.05, 4.69) is 15.5 Å². The van der Waals surface area contributed by atoms with Crippen LogP contribution in [0.2, 0.25) is 5.02 Å². The second kappa shape index (κ2) is 7.91. The standard InChI is InChI=1S/C19H23ClN4O2/c1-3-15-16(18(25)23-22-17(15)4-2)10-21-19(26)24-8-7-12-9-14(20)6-5-13(12)11-24/h5-6,9H,3-4,7-8,10-11H2,1-2H3,(H,21,26)(H,23,25). The maximum atomic E-state index is 12.6. The number of halogens is 1. The SMILES string of the molecule is CCc1n[nH]c(=O)c(CNC(=O)N2CCc3cc(Cl)ccc3C2)c1CC. The van der Waals surface area contributed by atoms with Crippen LogP contribution in [0.5, 0.6) is 0 Å². The zero-order chi connectivity index (χ0) is 18.7. The van der Waals surface area contributed by atoms with Crippen LogP contribution in [0, 0.1) is 0 Å². The molecule has 1 aliphatic rings. The van der Waals surface area contributed by atoms with Crippen LogP contribution in [-0.2, 0) is 32.4 Å². The van der Waals surface area contributed by atoms with Crippen molar-refractivity contribution in [3.05, 3.63) is 61.5 Å². The lowest BCUT2D eigenvalue weighted by atomic mass is 10.0. The van der Waals surface area contributed by atoms with Gasteiger partial charge in [0, 0.05) is 23.7 Å². The number of hydrogen-bond acceptors (Lipinski definition) is 3. The molecule has 1 aliphatic heterocycles. The molecule has 0 atom stereocenters. The van der Waals surface area contributed by atoms with Crippen molar-refractivity contribution in [3.63, 3.8) is 0 Å². The van der Waals surface area contributed by atoms with Crippen LogP contribution in [0.15, 0.2) is 23.0 Å². The molecule has 7 heteroatoms. The van der Waals surface area contributed by atoms with E-state index in [1.165, 1.54) is 5.56 Å². The molecule has 1 aromatic heterocycles. The summed E-state index contributed by atoms with van der Waals surface area (Å²) >= 11 is 6.03. The van der Waals surface area contributed by atoms with Gasteiger partial charge in [0.15, 0.2) is 0 Å². The predicted octanol–water partition coefficient (Wildman–Crippen LogP) is 2.82. The molecule has 0 fully saturated rings. The summed E-state index contributed by atoms with van der Waals surface area (Å²) in [4.78, 5) is 26.5. The van der Waals surface area contributed by atoms with Crippen LogP contribution in [0.25, 0.3) is 0 Å². The zero-order valence-corrected chi connectivity index (χ0v) is 15.8. The summed E-state index contributed by atoms with van der Waals surface area (Å²) in [5.74, 6) is 0. The first-order valence-electron chi connectivity index (χ1n) is 8.92. The second-order valence-electron chi connectivity index (χ2n) is 6.41. The first kappa shape index (κ1) is 18.5. The number of urea groups is 1. The summed E-state index contributed by atoms with van der Waals surface area (Å²) in [7, 11) is 0. The van der Waals surface area contributed by atoms with Crippen molar-refractivity contribution in [3.8, 4) is 0 Å². The molecule has 6 nitrogen and oxygen atoms in total. The Morgan fingerprint density at radius 1 is 1.27 bits per heavy atom. The Hall–Kier alpha value is -2.34. The maximum absolute atomic E-state index is 12.6. The quantitative estimate of drug-likeness (QED) is 0.863. The van der Waals surface area contributed by atoms with Gasteiger partial charge in [-0.2, -0.15) is 5.10 Å². The van der Waals surface area contributed by atoms with Gasteiger partial charge in [-0.1, -0.05) is 31.5 Å². The lowest BCUT2D eigenvalue weighted by Crippen LogP contribution is -2.43. The molecule has 26 heavy (non-hydrogen) atoms. The van der Waals surface area contributed by atoms with Crippen LogP contribution >= 0.6 is 11.6 Å². The summed E-state index contributed by atoms with van der Waals surface area (Å²) < 4.78 is 0. The highest BCUT2D eigenvalue weighted by Crippen LogP contribution is 2.22. The number of hydrogen-bond donors (Lipinski definition) is 2. The topological polar surface area (TPSA) is 78.1 Å². The molecular formula is C19H23ClN4O2. The minimum Gasteiger partial charge on any atom is -0.334 e. The monoisotopic (exact) mass is 374 g/mol. The number of fused-ring (bicyclic) bond motifs is 1. The molecule has 0 aliphatic carbocycles. The Kier molecular flexibility index (Phi) is 5.61. The highest BCUT2D eigenvalue weighted by Gasteiger charge is 2.21. The number of carbonyl (C=O) groups excluding carboxylic acids is 1. The molecule has 3 rings (SSSR count). The molecule has 0 spiro atoms. The van der Waals surface area contributed by atoms with Gasteiger partial charge in [-0.05, 0) is 48.1 Å². The van der Waals surface area contributed by atoms with Gasteiger partial charge in [-0.25, -0.2) is 9.89 Å². The molecule has 0 bridgehead atoms. The lowest BCUT2D eigenvalue weighted by Gasteiger charge is -2.29. The molecule has 0 radical (unpaired) electrons. The van der Waals surface area contributed by atoms with Gasteiger partial charge in [0.2, 0.25) is 0 Å². The second-order valence-corrected chi connectivity index (χ2v) is 6.84. The van der Waals surface area contributed by atoms with Gasteiger partial charge in [0.25, 0.3) is 5.56 Å². The number of H-pyrrole nitrogens is 1. The van der Waals surface area contributed by atoms with Crippen LogP contribution < -0.4 is 10.9 Å². The van der Waals surface area contributed by atoms with Crippen molar-refractivity contribution < 1.29 is 4.79 Å². The fraction of sp³-hybridized carbons (Fsp3) is 0.421. The third-order valence-electron chi connectivity index (χ3n) is 4.85. The molecule has 0 unspecified atom stereocenters. The predicted molar refractivity (Wildman–Crippen MR) is 101 cm³/mol. The van der Waals surface area contributed by atoms with Crippen molar-refractivity contribution in [1.82, 2.24) is 20.4 Å². The smallest absolute Gasteiger partial charge is 0.317 e. The van der Waals surface area contributed by atoms with Gasteiger partial charge in [-0.15, -0.1) is 0 Å². The van der Waals surface area contributed by atoms with E-state index in [-0.39, 0.29) is 18.1 Å². The van der Waals surface area contributed by atoms with Crippen molar-refractivity contribution in [2.45, 2.75) is 46.2 Å². The van der Waals surface area contributed by atoms with Crippen LogP contribution in [0.3, 0.4) is 0 Å². The van der Waals surface area contributed by atoms with Gasteiger partial charge in [0.1, 0.15) is 0 Å². The fourth-order valence-corrected chi connectivity index (χ4v) is 3.63. The van der Waals surface area contributed by atoms with Gasteiger partial charge in [0.05, 0.1) is 12.2 Å². The number of aromatic amines is 1. The van der Waals surface area contributed by atoms with E-state index in [1.807, 2.05) is 32.0 Å². The Balaban J connectivity index is 1.70. The van der Waals surface area contributed by atoms with E-state index in [9.17, 15) is 9.59 Å². The summed E-state index contributed by atoms with van der Waals surface area (Å²) in [6.45, 7) is 5.38. The first-order chi connectivity index (χ1) is 12.5. The summed E-state index contributed by atoms with van der Waals surface area (Å²) in [6.07, 6.45) is 2.23. The Labute approximate surface area is 157 Å². The Morgan fingerprint density at radius 3 is 2.81 bits per heavy atom. The number of amides is 2. The summed E-state index contributed by atoms with van der Waals surface area (Å²) in [6, 6.07) is 5.61. The van der Waals surface area contributed by atoms with Crippen molar-refractivity contribution in [2.75, 3.05) is 6.54 Å². The number of benzene rings is 1. The number of nitrogens with one attached hydrogen (secondary N) is 2. The van der Waals surface area contributed by atoms with Crippen LogP contribution in [-0.4, -0.2) is 27.7 Å². The number of aryl methyl sites for hydroxylation is 1. The molecule has 0 saturated heterocycles. The summed E-state index contributed by atoms with van der Waals surface area (Å²) in [5, 5.41) is 10.2. The van der Waals surface area contributed by atoms with E-state index in [0.29, 0.717) is 25.1 Å². The van der Waals surface area contributed by atoms with Gasteiger partial charge in [-0.3, -0.25) is 4.79 Å². The number of rotatable bonds is 4. The van der Waals surface area contributed by atoms with E-state index in [1.54, 1.807) is 4.90 Å². The van der Waals surface area contributed by atoms with Crippen molar-refractivity contribution >= 4 is 17.6 Å². The average Bonchev–Trinajstić information content (AvgIpc) is 2.65. The minimum atomic E-state index is -0.238. The third-order valence-corrected chi connectivity index (χ3v) is 5.09. The van der Waals surface area contributed by atoms with Gasteiger partial charge < -0.3 is 10.2 Å². The lowest BCUT2D eigenvalue weighted by molar-refractivity contribution is 0.192. The average molecular weight is 375 g/mol. The number of aromatic nitrogens is 2. The molecule has 2 heterocycles. The molecule has 2 aromatic rings. The summed E-state index contributed by atoms with van der Waals surface area (Å²) in [5.41, 5.74) is 4.46. The molecule has 2 N–H and O–H groups in total. The van der Waals surface area contributed by atoms with Crippen LogP contribution in [0.1, 0.15) is 41.8 Å². The number of nitrogens with zero attached hydrogens (tertiary/aromatic N) is 2. The molecular weight excluding hydrogens is 352 g/mol. The highest BCUT2D eigenvalue weighted by atomic mass is 35.5. The van der Waals surface area contributed by atoms with Gasteiger partial charge >= 0.3 is 6.03 Å². The maximum Gasteiger partial charge on any atom is 0.317 e. The van der Waals surface area contributed by atoms with E-state index in [0.717, 1.165) is 34.7 Å². The molecule has 1 aromatic carbocycles. The van der Waals surface area contributed by atoms with Crippen molar-refractivity contribution in [2.24, 2.45) is 0 Å². The number of carbonyl (C=O) groups is 1. The normalized spacial score (nSPS) is 13.4. The Morgan fingerprint density at radius 2 is 2.08 bits per heavy atom. The van der Waals surface area contributed by atoms with E-state index >= 15 is 0 Å². The first-order valence-corrected chi connectivity index (χ1v) is 9.30.